The summed E-state index contributed by atoms with van der Waals surface area (Å²) in [5.74, 6) is 0.156. The summed E-state index contributed by atoms with van der Waals surface area (Å²) in [6, 6.07) is 5.29. The molecule has 2 saturated carbocycles. The number of carbonyl (C=O) groups is 1. The van der Waals surface area contributed by atoms with Crippen molar-refractivity contribution in [3.05, 3.63) is 46.6 Å². The van der Waals surface area contributed by atoms with Crippen LogP contribution in [0.5, 0.6) is 5.75 Å². The normalized spacial score (nSPS) is 35.2. The van der Waals surface area contributed by atoms with Gasteiger partial charge in [-0.05, 0) is 62.0 Å². The number of ether oxygens (including phenoxy) is 3. The van der Waals surface area contributed by atoms with E-state index in [-0.39, 0.29) is 41.0 Å². The average molecular weight is 540 g/mol. The number of carbonyl (C=O) groups excluding carboxylic acids is 1. The predicted octanol–water partition coefficient (Wildman–Crippen LogP) is 5.47. The number of hydrogen-bond acceptors (Lipinski definition) is 8. The lowest BCUT2D eigenvalue weighted by Gasteiger charge is -2.64. The van der Waals surface area contributed by atoms with Gasteiger partial charge in [0, 0.05) is 43.5 Å². The van der Waals surface area contributed by atoms with E-state index in [2.05, 4.69) is 25.8 Å². The Balaban J connectivity index is 1.58. The van der Waals surface area contributed by atoms with Gasteiger partial charge in [-0.15, -0.1) is 0 Å². The molecule has 3 aliphatic rings. The second kappa shape index (κ2) is 10.7. The van der Waals surface area contributed by atoms with E-state index in [1.54, 1.807) is 24.5 Å². The summed E-state index contributed by atoms with van der Waals surface area (Å²) >= 11 is 0. The molecule has 0 spiro atoms. The van der Waals surface area contributed by atoms with Crippen molar-refractivity contribution in [1.29, 1.82) is 0 Å². The minimum atomic E-state index is -1.09. The van der Waals surface area contributed by atoms with E-state index in [1.165, 1.54) is 6.92 Å². The van der Waals surface area contributed by atoms with Gasteiger partial charge in [0.05, 0.1) is 12.2 Å². The smallest absolute Gasteiger partial charge is 0.345 e. The first-order valence-electron chi connectivity index (χ1n) is 14.3. The zero-order valence-corrected chi connectivity index (χ0v) is 23.6. The maximum Gasteiger partial charge on any atom is 0.345 e. The first-order chi connectivity index (χ1) is 18.6. The highest BCUT2D eigenvalue weighted by atomic mass is 16.6. The summed E-state index contributed by atoms with van der Waals surface area (Å²) in [7, 11) is 0. The molecule has 3 heterocycles. The number of rotatable bonds is 7. The van der Waals surface area contributed by atoms with Gasteiger partial charge in [-0.3, -0.25) is 9.78 Å². The molecule has 212 valence electrons. The second-order valence-electron chi connectivity index (χ2n) is 12.1. The number of aromatic nitrogens is 1. The molecule has 2 fully saturated rings. The van der Waals surface area contributed by atoms with Gasteiger partial charge in [-0.25, -0.2) is 4.79 Å². The molecule has 5 rings (SSSR count). The Morgan fingerprint density at radius 1 is 1.28 bits per heavy atom. The number of nitrogens with zero attached hydrogens (tertiary/aromatic N) is 1. The van der Waals surface area contributed by atoms with Crippen molar-refractivity contribution in [3.8, 4) is 17.1 Å². The van der Waals surface area contributed by atoms with Gasteiger partial charge < -0.3 is 23.7 Å². The van der Waals surface area contributed by atoms with Crippen molar-refractivity contribution >= 4 is 5.97 Å². The van der Waals surface area contributed by atoms with Gasteiger partial charge in [-0.1, -0.05) is 33.6 Å². The van der Waals surface area contributed by atoms with Gasteiger partial charge in [0.1, 0.15) is 28.8 Å². The van der Waals surface area contributed by atoms with E-state index in [4.69, 9.17) is 18.6 Å². The molecular formula is C31H41NO7. The Morgan fingerprint density at radius 3 is 2.77 bits per heavy atom. The first-order valence-corrected chi connectivity index (χ1v) is 14.3. The van der Waals surface area contributed by atoms with Crippen LogP contribution in [0.15, 0.2) is 39.8 Å². The van der Waals surface area contributed by atoms with Crippen molar-refractivity contribution in [1.82, 2.24) is 4.98 Å². The molecule has 2 aromatic heterocycles. The molecule has 0 radical (unpaired) electrons. The number of aliphatic hydroxyl groups excluding tert-OH is 1. The molecule has 1 aliphatic heterocycles. The molecule has 2 aromatic rings. The molecule has 39 heavy (non-hydrogen) atoms. The Kier molecular flexibility index (Phi) is 7.63. The van der Waals surface area contributed by atoms with Crippen LogP contribution < -0.4 is 10.4 Å². The Hall–Kier alpha value is -2.71. The lowest BCUT2D eigenvalue weighted by Crippen LogP contribution is -2.69. The van der Waals surface area contributed by atoms with Crippen LogP contribution in [-0.2, 0) is 14.3 Å². The summed E-state index contributed by atoms with van der Waals surface area (Å²) in [6.45, 7) is 10.5. The monoisotopic (exact) mass is 539 g/mol. The molecule has 0 saturated heterocycles. The van der Waals surface area contributed by atoms with Crippen molar-refractivity contribution in [3.63, 3.8) is 0 Å². The summed E-state index contributed by atoms with van der Waals surface area (Å²) in [6.07, 6.45) is 6.93. The van der Waals surface area contributed by atoms with Crippen LogP contribution in [0.3, 0.4) is 0 Å². The van der Waals surface area contributed by atoms with Gasteiger partial charge in [0.15, 0.2) is 0 Å². The van der Waals surface area contributed by atoms with Crippen LogP contribution >= 0.6 is 0 Å². The number of pyridine rings is 1. The Morgan fingerprint density at radius 2 is 2.08 bits per heavy atom. The minimum absolute atomic E-state index is 0.0666. The van der Waals surface area contributed by atoms with Crippen molar-refractivity contribution in [2.75, 3.05) is 6.61 Å². The maximum absolute atomic E-state index is 13.4. The number of hydrogen-bond donors (Lipinski definition) is 1. The number of aliphatic hydroxyl groups is 1. The van der Waals surface area contributed by atoms with E-state index in [1.807, 2.05) is 13.0 Å². The van der Waals surface area contributed by atoms with Crippen LogP contribution in [0, 0.1) is 23.2 Å². The zero-order valence-electron chi connectivity index (χ0n) is 23.6. The zero-order chi connectivity index (χ0) is 27.9. The van der Waals surface area contributed by atoms with Gasteiger partial charge >= 0.3 is 11.6 Å². The van der Waals surface area contributed by atoms with Crippen LogP contribution in [0.4, 0.5) is 0 Å². The summed E-state index contributed by atoms with van der Waals surface area (Å²) in [5, 5.41) is 12.0. The number of unbranched alkanes of at least 4 members (excludes halogenated alkanes) is 2. The first kappa shape index (κ1) is 27.8. The molecule has 0 aromatic carbocycles. The molecule has 8 atom stereocenters. The fourth-order valence-corrected chi connectivity index (χ4v) is 7.83. The third-order valence-electron chi connectivity index (χ3n) is 9.69. The highest BCUT2D eigenvalue weighted by molar-refractivity contribution is 5.66. The average Bonchev–Trinajstić information content (AvgIpc) is 2.88. The fourth-order valence-electron chi connectivity index (χ4n) is 7.83. The number of fused-ring (bicyclic) bond motifs is 4. The van der Waals surface area contributed by atoms with Crippen molar-refractivity contribution in [2.24, 2.45) is 23.2 Å². The van der Waals surface area contributed by atoms with Crippen LogP contribution in [0.1, 0.15) is 84.8 Å². The molecule has 0 amide bonds. The summed E-state index contributed by atoms with van der Waals surface area (Å²) < 4.78 is 24.8. The molecule has 8 nitrogen and oxygen atoms in total. The van der Waals surface area contributed by atoms with Crippen LogP contribution in [0.25, 0.3) is 11.3 Å². The van der Waals surface area contributed by atoms with Gasteiger partial charge in [0.2, 0.25) is 0 Å². The van der Waals surface area contributed by atoms with E-state index >= 15 is 0 Å². The van der Waals surface area contributed by atoms with E-state index in [0.29, 0.717) is 36.5 Å². The highest BCUT2D eigenvalue weighted by Crippen LogP contribution is 2.64. The molecule has 1 N–H and O–H groups in total. The topological polar surface area (TPSA) is 108 Å². The lowest BCUT2D eigenvalue weighted by molar-refractivity contribution is -0.253. The Labute approximate surface area is 230 Å². The molecule has 2 unspecified atom stereocenters. The lowest BCUT2D eigenvalue weighted by atomic mass is 9.46. The SMILES string of the molecule is CCCCCO[C@H]1CC2[C@@H](C)[C@@H](OC(C)=O)CC[C@]2(C)C2[C@@H](O)c3c(cc(-c4cccnc4)oc3=O)O[C@@]21C. The summed E-state index contributed by atoms with van der Waals surface area (Å²) in [4.78, 5) is 29.3. The van der Waals surface area contributed by atoms with E-state index < -0.39 is 23.2 Å². The van der Waals surface area contributed by atoms with Crippen molar-refractivity contribution < 1.29 is 28.5 Å². The molecular weight excluding hydrogens is 498 g/mol. The standard InChI is InChI=1S/C31H41NO7/c1-6-7-8-14-36-25-15-21-18(2)22(37-19(3)33)11-12-30(21,4)28-27(34)26-24(39-31(25,28)5)16-23(38-29(26)35)20-10-9-13-32-17-20/h9-10,13,16-18,21-22,25,27-28,34H,6-8,11-12,14-15H2,1-5H3/t18-,21?,22+,25+,27+,28?,30+,31-/m1/s1. The highest BCUT2D eigenvalue weighted by Gasteiger charge is 2.67. The quantitative estimate of drug-likeness (QED) is 0.365. The maximum atomic E-state index is 13.4. The second-order valence-corrected chi connectivity index (χ2v) is 12.1. The third kappa shape index (κ3) is 4.80. The largest absolute Gasteiger partial charge is 0.484 e. The minimum Gasteiger partial charge on any atom is -0.484 e. The predicted molar refractivity (Wildman–Crippen MR) is 145 cm³/mol. The summed E-state index contributed by atoms with van der Waals surface area (Å²) in [5.41, 5.74) is -1.04. The van der Waals surface area contributed by atoms with Crippen molar-refractivity contribution in [2.45, 2.75) is 97.1 Å². The number of esters is 1. The molecule has 2 aliphatic carbocycles. The van der Waals surface area contributed by atoms with Crippen LogP contribution in [-0.4, -0.2) is 40.5 Å². The fraction of sp³-hybridized carbons (Fsp3) is 0.645. The van der Waals surface area contributed by atoms with Gasteiger partial charge in [-0.2, -0.15) is 0 Å². The van der Waals surface area contributed by atoms with Crippen LogP contribution in [0.2, 0.25) is 0 Å². The molecule has 0 bridgehead atoms. The van der Waals surface area contributed by atoms with E-state index in [9.17, 15) is 14.7 Å². The molecule has 8 heteroatoms. The van der Waals surface area contributed by atoms with Gasteiger partial charge in [0.25, 0.3) is 0 Å². The van der Waals surface area contributed by atoms with E-state index in [0.717, 1.165) is 25.7 Å². The Bertz CT molecular complexity index is 1250. The third-order valence-corrected chi connectivity index (χ3v) is 9.69.